The molecule has 1 aliphatic rings. The van der Waals surface area contributed by atoms with E-state index < -0.39 is 0 Å². The summed E-state index contributed by atoms with van der Waals surface area (Å²) < 4.78 is 12.4. The molecule has 0 saturated carbocycles. The van der Waals surface area contributed by atoms with Crippen molar-refractivity contribution in [2.75, 3.05) is 18.7 Å². The van der Waals surface area contributed by atoms with Crippen LogP contribution in [0.25, 0.3) is 11.6 Å². The highest BCUT2D eigenvalue weighted by atomic mass is 16.7. The summed E-state index contributed by atoms with van der Waals surface area (Å²) in [4.78, 5) is 24.7. The van der Waals surface area contributed by atoms with E-state index in [0.717, 1.165) is 0 Å². The lowest BCUT2D eigenvalue weighted by Crippen LogP contribution is -2.31. The number of anilines is 1. The van der Waals surface area contributed by atoms with Crippen molar-refractivity contribution in [1.82, 2.24) is 24.8 Å². The molecule has 1 aromatic carbocycles. The van der Waals surface area contributed by atoms with Crippen molar-refractivity contribution >= 4 is 11.7 Å². The minimum absolute atomic E-state index is 0.198. The molecular formula is C17H16N6O3. The van der Waals surface area contributed by atoms with E-state index in [1.807, 2.05) is 10.8 Å². The third-order valence-electron chi connectivity index (χ3n) is 3.75. The highest BCUT2D eigenvalue weighted by molar-refractivity contribution is 5.89. The van der Waals surface area contributed by atoms with Gasteiger partial charge in [-0.15, -0.1) is 0 Å². The first-order valence-electron chi connectivity index (χ1n) is 8.02. The number of carbonyl (C=O) groups is 1. The summed E-state index contributed by atoms with van der Waals surface area (Å²) in [6, 6.07) is 6.69. The van der Waals surface area contributed by atoms with Crippen LogP contribution in [0.15, 0.2) is 49.1 Å². The van der Waals surface area contributed by atoms with Crippen molar-refractivity contribution < 1.29 is 14.3 Å². The zero-order chi connectivity index (χ0) is 17.8. The summed E-state index contributed by atoms with van der Waals surface area (Å²) >= 11 is 0. The van der Waals surface area contributed by atoms with Crippen molar-refractivity contribution in [2.24, 2.45) is 0 Å². The van der Waals surface area contributed by atoms with Gasteiger partial charge in [0.2, 0.25) is 6.79 Å². The van der Waals surface area contributed by atoms with Crippen LogP contribution in [0.1, 0.15) is 0 Å². The van der Waals surface area contributed by atoms with Crippen molar-refractivity contribution in [1.29, 1.82) is 0 Å². The summed E-state index contributed by atoms with van der Waals surface area (Å²) in [6.45, 7) is 1.16. The van der Waals surface area contributed by atoms with Crippen molar-refractivity contribution in [3.8, 4) is 23.1 Å². The van der Waals surface area contributed by atoms with Crippen LogP contribution < -0.4 is 20.1 Å². The van der Waals surface area contributed by atoms with Crippen LogP contribution in [0.4, 0.5) is 10.5 Å². The fraction of sp³-hybridized carbons (Fsp3) is 0.176. The monoisotopic (exact) mass is 352 g/mol. The van der Waals surface area contributed by atoms with E-state index in [4.69, 9.17) is 9.47 Å². The fourth-order valence-corrected chi connectivity index (χ4v) is 2.55. The largest absolute Gasteiger partial charge is 0.454 e. The lowest BCUT2D eigenvalue weighted by atomic mass is 10.3. The maximum absolute atomic E-state index is 12.1. The first-order chi connectivity index (χ1) is 12.8. The number of urea groups is 1. The molecule has 26 heavy (non-hydrogen) atoms. The van der Waals surface area contributed by atoms with Gasteiger partial charge in [0, 0.05) is 49.6 Å². The van der Waals surface area contributed by atoms with Gasteiger partial charge >= 0.3 is 6.03 Å². The fourth-order valence-electron chi connectivity index (χ4n) is 2.55. The summed E-state index contributed by atoms with van der Waals surface area (Å²) in [6.07, 6.45) is 6.83. The molecule has 3 heterocycles. The molecule has 4 rings (SSSR count). The van der Waals surface area contributed by atoms with E-state index >= 15 is 0 Å². The number of ether oxygens (including phenoxy) is 2. The van der Waals surface area contributed by atoms with Gasteiger partial charge in [-0.25, -0.2) is 19.7 Å². The number of rotatable bonds is 5. The number of nitrogens with zero attached hydrogens (tertiary/aromatic N) is 4. The third-order valence-corrected chi connectivity index (χ3v) is 3.75. The molecule has 2 N–H and O–H groups in total. The SMILES string of the molecule is O=C(NCCn1ccnc1-c1ncccn1)Nc1ccc2c(c1)OCO2. The molecule has 3 aromatic rings. The molecule has 1 aliphatic heterocycles. The number of hydrogen-bond donors (Lipinski definition) is 2. The average molecular weight is 352 g/mol. The van der Waals surface area contributed by atoms with E-state index in [-0.39, 0.29) is 12.8 Å². The normalized spacial score (nSPS) is 12.0. The Labute approximate surface area is 149 Å². The first kappa shape index (κ1) is 15.9. The number of hydrogen-bond acceptors (Lipinski definition) is 6. The van der Waals surface area contributed by atoms with Crippen LogP contribution in [0, 0.1) is 0 Å². The van der Waals surface area contributed by atoms with Crippen LogP contribution >= 0.6 is 0 Å². The van der Waals surface area contributed by atoms with Gasteiger partial charge in [-0.1, -0.05) is 0 Å². The molecule has 2 amide bonds. The summed E-state index contributed by atoms with van der Waals surface area (Å²) in [5, 5.41) is 5.57. The predicted octanol–water partition coefficient (Wildman–Crippen LogP) is 1.89. The minimum Gasteiger partial charge on any atom is -0.454 e. The van der Waals surface area contributed by atoms with Crippen molar-refractivity contribution in [3.63, 3.8) is 0 Å². The van der Waals surface area contributed by atoms with Gasteiger partial charge in [-0.05, 0) is 18.2 Å². The zero-order valence-electron chi connectivity index (χ0n) is 13.8. The zero-order valence-corrected chi connectivity index (χ0v) is 13.8. The van der Waals surface area contributed by atoms with E-state index in [1.165, 1.54) is 0 Å². The molecule has 0 atom stereocenters. The Hall–Kier alpha value is -3.62. The van der Waals surface area contributed by atoms with E-state index in [0.29, 0.717) is 41.9 Å². The standard InChI is InChI=1S/C17H16N6O3/c24-17(22-12-2-3-13-14(10-12)26-11-25-13)21-7-9-23-8-6-20-16(23)15-18-4-1-5-19-15/h1-6,8,10H,7,9,11H2,(H2,21,22,24). The first-order valence-corrected chi connectivity index (χ1v) is 8.02. The third kappa shape index (κ3) is 3.41. The van der Waals surface area contributed by atoms with Gasteiger partial charge in [0.15, 0.2) is 23.1 Å². The van der Waals surface area contributed by atoms with E-state index in [1.54, 1.807) is 42.9 Å². The summed E-state index contributed by atoms with van der Waals surface area (Å²) in [7, 11) is 0. The van der Waals surface area contributed by atoms with Crippen LogP contribution in [0.2, 0.25) is 0 Å². The van der Waals surface area contributed by atoms with Crippen molar-refractivity contribution in [2.45, 2.75) is 6.54 Å². The number of benzene rings is 1. The Morgan fingerprint density at radius 2 is 1.96 bits per heavy atom. The highest BCUT2D eigenvalue weighted by Crippen LogP contribution is 2.34. The number of nitrogens with one attached hydrogen (secondary N) is 2. The second-order valence-electron chi connectivity index (χ2n) is 5.47. The van der Waals surface area contributed by atoms with Gasteiger partial charge in [0.05, 0.1) is 0 Å². The molecule has 9 heteroatoms. The number of amides is 2. The van der Waals surface area contributed by atoms with Gasteiger partial charge in [0.25, 0.3) is 0 Å². The molecule has 132 valence electrons. The van der Waals surface area contributed by atoms with Crippen LogP contribution in [0.5, 0.6) is 11.5 Å². The topological polar surface area (TPSA) is 103 Å². The molecule has 0 unspecified atom stereocenters. The maximum atomic E-state index is 12.1. The number of imidazole rings is 1. The maximum Gasteiger partial charge on any atom is 0.319 e. The van der Waals surface area contributed by atoms with Crippen LogP contribution in [-0.4, -0.2) is 38.9 Å². The quantitative estimate of drug-likeness (QED) is 0.727. The van der Waals surface area contributed by atoms with Crippen LogP contribution in [0.3, 0.4) is 0 Å². The number of fused-ring (bicyclic) bond motifs is 1. The Bertz CT molecular complexity index is 912. The minimum atomic E-state index is -0.304. The molecule has 0 fully saturated rings. The van der Waals surface area contributed by atoms with E-state index in [9.17, 15) is 4.79 Å². The second kappa shape index (κ2) is 7.09. The Balaban J connectivity index is 1.31. The number of carbonyl (C=O) groups excluding carboxylic acids is 1. The average Bonchev–Trinajstić information content (AvgIpc) is 3.31. The smallest absolute Gasteiger partial charge is 0.319 e. The number of aromatic nitrogens is 4. The Kier molecular flexibility index (Phi) is 4.33. The lowest BCUT2D eigenvalue weighted by Gasteiger charge is -2.10. The van der Waals surface area contributed by atoms with Gasteiger partial charge in [0.1, 0.15) is 0 Å². The lowest BCUT2D eigenvalue weighted by molar-refractivity contribution is 0.174. The molecule has 2 aromatic heterocycles. The Morgan fingerprint density at radius 1 is 1.12 bits per heavy atom. The Morgan fingerprint density at radius 3 is 2.85 bits per heavy atom. The molecule has 0 radical (unpaired) electrons. The highest BCUT2D eigenvalue weighted by Gasteiger charge is 2.14. The second-order valence-corrected chi connectivity index (χ2v) is 5.47. The summed E-state index contributed by atoms with van der Waals surface area (Å²) in [5.41, 5.74) is 0.632. The van der Waals surface area contributed by atoms with E-state index in [2.05, 4.69) is 25.6 Å². The molecule has 9 nitrogen and oxygen atoms in total. The molecule has 0 spiro atoms. The van der Waals surface area contributed by atoms with Crippen molar-refractivity contribution in [3.05, 3.63) is 49.1 Å². The molecule has 0 bridgehead atoms. The molecule has 0 saturated heterocycles. The molecular weight excluding hydrogens is 336 g/mol. The van der Waals surface area contributed by atoms with Gasteiger partial charge in [-0.2, -0.15) is 0 Å². The van der Waals surface area contributed by atoms with Crippen LogP contribution in [-0.2, 0) is 6.54 Å². The molecule has 0 aliphatic carbocycles. The predicted molar refractivity (Wildman–Crippen MR) is 92.8 cm³/mol. The van der Waals surface area contributed by atoms with Gasteiger partial charge in [-0.3, -0.25) is 0 Å². The summed E-state index contributed by atoms with van der Waals surface area (Å²) in [5.74, 6) is 2.49. The van der Waals surface area contributed by atoms with Gasteiger partial charge < -0.3 is 24.7 Å².